The standard InChI is InChI=1S/C21H16Cl2N2S2/c1-12-6-7-14(8-13(12)2)15-9-26-20-19(15)21(25-11-24-20)27-10-16-17(22)4-3-5-18(16)23/h3-9,11H,10H2,1-2H3. The zero-order chi connectivity index (χ0) is 19.0. The first-order valence-corrected chi connectivity index (χ1v) is 11.0. The van der Waals surface area contributed by atoms with Crippen LogP contribution >= 0.6 is 46.3 Å². The zero-order valence-electron chi connectivity index (χ0n) is 14.8. The number of aromatic nitrogens is 2. The second-order valence-corrected chi connectivity index (χ2v) is 8.93. The third-order valence-electron chi connectivity index (χ3n) is 4.57. The van der Waals surface area contributed by atoms with Crippen LogP contribution in [0.4, 0.5) is 0 Å². The Morgan fingerprint density at radius 2 is 1.78 bits per heavy atom. The van der Waals surface area contributed by atoms with E-state index in [0.29, 0.717) is 15.8 Å². The Kier molecular flexibility index (Phi) is 5.42. The molecule has 2 aromatic carbocycles. The van der Waals surface area contributed by atoms with E-state index in [1.54, 1.807) is 29.4 Å². The molecule has 6 heteroatoms. The van der Waals surface area contributed by atoms with Crippen LogP contribution in [0.2, 0.25) is 10.0 Å². The van der Waals surface area contributed by atoms with Crippen molar-refractivity contribution in [3.05, 3.63) is 74.8 Å². The Morgan fingerprint density at radius 3 is 2.52 bits per heavy atom. The molecule has 4 rings (SSSR count). The number of thiophene rings is 1. The van der Waals surface area contributed by atoms with E-state index in [1.165, 1.54) is 22.3 Å². The average Bonchev–Trinajstić information content (AvgIpc) is 3.08. The zero-order valence-corrected chi connectivity index (χ0v) is 17.9. The number of fused-ring (bicyclic) bond motifs is 1. The lowest BCUT2D eigenvalue weighted by atomic mass is 10.0. The second kappa shape index (κ2) is 7.80. The molecule has 0 N–H and O–H groups in total. The Morgan fingerprint density at radius 1 is 1.00 bits per heavy atom. The fourth-order valence-corrected chi connectivity index (χ4v) is 5.62. The van der Waals surface area contributed by atoms with Gasteiger partial charge in [-0.25, -0.2) is 9.97 Å². The maximum absolute atomic E-state index is 6.32. The lowest BCUT2D eigenvalue weighted by molar-refractivity contribution is 1.11. The van der Waals surface area contributed by atoms with Crippen LogP contribution in [-0.4, -0.2) is 9.97 Å². The minimum absolute atomic E-state index is 0.660. The van der Waals surface area contributed by atoms with Gasteiger partial charge in [0.25, 0.3) is 0 Å². The molecule has 0 bridgehead atoms. The molecule has 27 heavy (non-hydrogen) atoms. The molecular formula is C21H16Cl2N2S2. The van der Waals surface area contributed by atoms with Crippen molar-refractivity contribution in [2.45, 2.75) is 24.6 Å². The van der Waals surface area contributed by atoms with E-state index in [-0.39, 0.29) is 0 Å². The van der Waals surface area contributed by atoms with Gasteiger partial charge in [-0.1, -0.05) is 47.5 Å². The minimum atomic E-state index is 0.660. The topological polar surface area (TPSA) is 25.8 Å². The van der Waals surface area contributed by atoms with Crippen molar-refractivity contribution in [2.24, 2.45) is 0 Å². The number of hydrogen-bond donors (Lipinski definition) is 0. The molecule has 0 fully saturated rings. The molecule has 4 aromatic rings. The summed E-state index contributed by atoms with van der Waals surface area (Å²) in [6.45, 7) is 4.27. The lowest BCUT2D eigenvalue weighted by Crippen LogP contribution is -1.89. The molecule has 2 aromatic heterocycles. The highest BCUT2D eigenvalue weighted by molar-refractivity contribution is 7.98. The molecule has 0 aliphatic heterocycles. The molecule has 0 aliphatic rings. The Labute approximate surface area is 176 Å². The van der Waals surface area contributed by atoms with Crippen LogP contribution in [0.5, 0.6) is 0 Å². The first-order chi connectivity index (χ1) is 13.0. The van der Waals surface area contributed by atoms with Crippen LogP contribution in [0.15, 0.2) is 53.1 Å². The van der Waals surface area contributed by atoms with Crippen LogP contribution in [-0.2, 0) is 5.75 Å². The largest absolute Gasteiger partial charge is 0.229 e. The third kappa shape index (κ3) is 3.72. The summed E-state index contributed by atoms with van der Waals surface area (Å²) in [7, 11) is 0. The predicted octanol–water partition coefficient (Wildman–Crippen LogP) is 7.57. The van der Waals surface area contributed by atoms with E-state index < -0.39 is 0 Å². The van der Waals surface area contributed by atoms with Gasteiger partial charge >= 0.3 is 0 Å². The summed E-state index contributed by atoms with van der Waals surface area (Å²) < 4.78 is 0. The summed E-state index contributed by atoms with van der Waals surface area (Å²) in [5.74, 6) is 0.660. The van der Waals surface area contributed by atoms with Gasteiger partial charge in [-0.2, -0.15) is 0 Å². The van der Waals surface area contributed by atoms with Gasteiger partial charge in [-0.15, -0.1) is 23.1 Å². The fraction of sp³-hybridized carbons (Fsp3) is 0.143. The van der Waals surface area contributed by atoms with Gasteiger partial charge in [0, 0.05) is 26.7 Å². The first kappa shape index (κ1) is 18.8. The van der Waals surface area contributed by atoms with Crippen molar-refractivity contribution in [2.75, 3.05) is 0 Å². The maximum atomic E-state index is 6.32. The van der Waals surface area contributed by atoms with Gasteiger partial charge in [0.05, 0.1) is 5.39 Å². The van der Waals surface area contributed by atoms with Gasteiger partial charge in [-0.05, 0) is 48.2 Å². The summed E-state index contributed by atoms with van der Waals surface area (Å²) in [6.07, 6.45) is 1.62. The molecule has 0 saturated carbocycles. The Balaban J connectivity index is 1.75. The summed E-state index contributed by atoms with van der Waals surface area (Å²) in [5, 5.41) is 5.57. The van der Waals surface area contributed by atoms with Crippen molar-refractivity contribution in [3.63, 3.8) is 0 Å². The van der Waals surface area contributed by atoms with E-state index in [9.17, 15) is 0 Å². The highest BCUT2D eigenvalue weighted by atomic mass is 35.5. The summed E-state index contributed by atoms with van der Waals surface area (Å²) in [5.41, 5.74) is 5.86. The summed E-state index contributed by atoms with van der Waals surface area (Å²) >= 11 is 15.9. The molecule has 0 unspecified atom stereocenters. The third-order valence-corrected chi connectivity index (χ3v) is 7.18. The van der Waals surface area contributed by atoms with Gasteiger partial charge in [0.1, 0.15) is 16.2 Å². The van der Waals surface area contributed by atoms with Crippen LogP contribution in [0.1, 0.15) is 16.7 Å². The van der Waals surface area contributed by atoms with Crippen LogP contribution in [0.3, 0.4) is 0 Å². The number of hydrogen-bond acceptors (Lipinski definition) is 4. The second-order valence-electron chi connectivity index (χ2n) is 6.30. The SMILES string of the molecule is Cc1ccc(-c2csc3ncnc(SCc4c(Cl)cccc4Cl)c23)cc1C. The van der Waals surface area contributed by atoms with Crippen molar-refractivity contribution >= 4 is 56.5 Å². The molecule has 0 radical (unpaired) electrons. The monoisotopic (exact) mass is 430 g/mol. The molecule has 2 nitrogen and oxygen atoms in total. The van der Waals surface area contributed by atoms with Crippen molar-refractivity contribution in [3.8, 4) is 11.1 Å². The number of aryl methyl sites for hydroxylation is 2. The lowest BCUT2D eigenvalue weighted by Gasteiger charge is -2.09. The molecule has 2 heterocycles. The predicted molar refractivity (Wildman–Crippen MR) is 118 cm³/mol. The molecule has 0 atom stereocenters. The number of nitrogens with zero attached hydrogens (tertiary/aromatic N) is 2. The highest BCUT2D eigenvalue weighted by Crippen LogP contribution is 2.40. The number of benzene rings is 2. The normalized spacial score (nSPS) is 11.3. The van der Waals surface area contributed by atoms with Crippen LogP contribution in [0.25, 0.3) is 21.3 Å². The highest BCUT2D eigenvalue weighted by Gasteiger charge is 2.15. The van der Waals surface area contributed by atoms with E-state index in [0.717, 1.165) is 20.8 Å². The number of thioether (sulfide) groups is 1. The molecular weight excluding hydrogens is 415 g/mol. The average molecular weight is 431 g/mol. The smallest absolute Gasteiger partial charge is 0.128 e. The number of halogens is 2. The van der Waals surface area contributed by atoms with E-state index in [1.807, 2.05) is 18.2 Å². The van der Waals surface area contributed by atoms with Crippen molar-refractivity contribution in [1.82, 2.24) is 9.97 Å². The van der Waals surface area contributed by atoms with Crippen LogP contribution in [0, 0.1) is 13.8 Å². The summed E-state index contributed by atoms with van der Waals surface area (Å²) in [6, 6.07) is 12.1. The molecule has 136 valence electrons. The fourth-order valence-electron chi connectivity index (χ4n) is 2.89. The molecule has 0 spiro atoms. The summed E-state index contributed by atoms with van der Waals surface area (Å²) in [4.78, 5) is 10.0. The minimum Gasteiger partial charge on any atom is -0.229 e. The van der Waals surface area contributed by atoms with E-state index in [2.05, 4.69) is 47.4 Å². The van der Waals surface area contributed by atoms with E-state index in [4.69, 9.17) is 23.2 Å². The maximum Gasteiger partial charge on any atom is 0.128 e. The molecule has 0 amide bonds. The molecule has 0 aliphatic carbocycles. The van der Waals surface area contributed by atoms with Crippen molar-refractivity contribution < 1.29 is 0 Å². The van der Waals surface area contributed by atoms with Gasteiger partial charge in [-0.3, -0.25) is 0 Å². The Bertz CT molecular complexity index is 1120. The first-order valence-electron chi connectivity index (χ1n) is 8.40. The van der Waals surface area contributed by atoms with Gasteiger partial charge < -0.3 is 0 Å². The van der Waals surface area contributed by atoms with Gasteiger partial charge in [0.2, 0.25) is 0 Å². The quantitative estimate of drug-likeness (QED) is 0.246. The van der Waals surface area contributed by atoms with Crippen molar-refractivity contribution in [1.29, 1.82) is 0 Å². The Hall–Kier alpha value is -1.59. The van der Waals surface area contributed by atoms with Gasteiger partial charge in [0.15, 0.2) is 0 Å². The molecule has 0 saturated heterocycles. The van der Waals surface area contributed by atoms with E-state index >= 15 is 0 Å². The van der Waals surface area contributed by atoms with Crippen LogP contribution < -0.4 is 0 Å². The number of rotatable bonds is 4.